The van der Waals surface area contributed by atoms with Gasteiger partial charge in [-0.15, -0.1) is 0 Å². The molecule has 280 valence electrons. The van der Waals surface area contributed by atoms with Gasteiger partial charge in [-0.1, -0.05) is 135 Å². The summed E-state index contributed by atoms with van der Waals surface area (Å²) in [4.78, 5) is 0. The fraction of sp³-hybridized carbons (Fsp3) is 0.617. The van der Waals surface area contributed by atoms with Crippen LogP contribution in [0.15, 0.2) is 24.3 Å². The van der Waals surface area contributed by atoms with E-state index >= 15 is 0 Å². The standard InChI is InChI=1S/C47H70N2O2/c1-8-11-13-15-17-19-21-23-25-27-29-50-45-34-42(46(32-37(45)4)51-30-28-26-24-22-20-18-16-14-12-9-2)33-43(36-49)44-31-38(5)47(40(7)39(44)6)41(10-3)35-48/h10,31-34H,8-9,11-30H2,1-7H3/b41-10+,43-33+. The van der Waals surface area contributed by atoms with Gasteiger partial charge in [0.2, 0.25) is 0 Å². The van der Waals surface area contributed by atoms with Gasteiger partial charge in [0, 0.05) is 5.56 Å². The van der Waals surface area contributed by atoms with Crippen molar-refractivity contribution < 1.29 is 9.47 Å². The predicted molar refractivity (Wildman–Crippen MR) is 219 cm³/mol. The first-order chi connectivity index (χ1) is 24.8. The number of aryl methyl sites for hydroxylation is 2. The molecular formula is C47H70N2O2. The van der Waals surface area contributed by atoms with Crippen LogP contribution in [0.2, 0.25) is 0 Å². The quantitative estimate of drug-likeness (QED) is 0.0530. The van der Waals surface area contributed by atoms with Gasteiger partial charge in [0.1, 0.15) is 11.5 Å². The van der Waals surface area contributed by atoms with Gasteiger partial charge in [0.25, 0.3) is 0 Å². The Morgan fingerprint density at radius 3 is 1.45 bits per heavy atom. The third kappa shape index (κ3) is 15.7. The van der Waals surface area contributed by atoms with E-state index in [1.165, 1.54) is 116 Å². The van der Waals surface area contributed by atoms with Crippen molar-refractivity contribution in [2.24, 2.45) is 0 Å². The molecule has 0 radical (unpaired) electrons. The molecule has 0 heterocycles. The minimum absolute atomic E-state index is 0.581. The molecule has 0 aliphatic rings. The molecule has 0 fully saturated rings. The molecule has 0 unspecified atom stereocenters. The van der Waals surface area contributed by atoms with Crippen LogP contribution in [0.5, 0.6) is 11.5 Å². The van der Waals surface area contributed by atoms with Crippen molar-refractivity contribution in [2.45, 2.75) is 177 Å². The molecule has 0 saturated heterocycles. The maximum absolute atomic E-state index is 10.5. The summed E-state index contributed by atoms with van der Waals surface area (Å²) in [6, 6.07) is 11.0. The van der Waals surface area contributed by atoms with Crippen LogP contribution in [-0.4, -0.2) is 13.2 Å². The zero-order valence-corrected chi connectivity index (χ0v) is 33.7. The molecule has 4 heteroatoms. The highest BCUT2D eigenvalue weighted by Crippen LogP contribution is 2.35. The Hall–Kier alpha value is -3.50. The number of hydrogen-bond donors (Lipinski definition) is 0. The van der Waals surface area contributed by atoms with Crippen LogP contribution < -0.4 is 9.47 Å². The largest absolute Gasteiger partial charge is 0.493 e. The first-order valence-electron chi connectivity index (χ1n) is 20.5. The molecule has 2 aromatic carbocycles. The minimum atomic E-state index is 0.581. The monoisotopic (exact) mass is 695 g/mol. The average Bonchev–Trinajstić information content (AvgIpc) is 3.13. The zero-order chi connectivity index (χ0) is 37.3. The van der Waals surface area contributed by atoms with Crippen molar-refractivity contribution in [3.8, 4) is 23.6 Å². The lowest BCUT2D eigenvalue weighted by atomic mass is 9.87. The fourth-order valence-electron chi connectivity index (χ4n) is 6.98. The molecule has 0 atom stereocenters. The normalized spacial score (nSPS) is 11.8. The Bertz CT molecular complexity index is 1450. The maximum Gasteiger partial charge on any atom is 0.127 e. The van der Waals surface area contributed by atoms with E-state index in [0.29, 0.717) is 24.4 Å². The first kappa shape index (κ1) is 43.7. The second kappa shape index (κ2) is 26.3. The van der Waals surface area contributed by atoms with E-state index in [2.05, 4.69) is 51.1 Å². The summed E-state index contributed by atoms with van der Waals surface area (Å²) in [6.45, 7) is 16.0. The van der Waals surface area contributed by atoms with Crippen LogP contribution in [0.3, 0.4) is 0 Å². The van der Waals surface area contributed by atoms with Crippen LogP contribution in [0.4, 0.5) is 0 Å². The fourth-order valence-corrected chi connectivity index (χ4v) is 6.98. The van der Waals surface area contributed by atoms with Gasteiger partial charge in [-0.05, 0) is 105 Å². The van der Waals surface area contributed by atoms with E-state index in [4.69, 9.17) is 9.47 Å². The maximum atomic E-state index is 10.5. The highest BCUT2D eigenvalue weighted by molar-refractivity contribution is 5.93. The number of rotatable bonds is 27. The lowest BCUT2D eigenvalue weighted by Crippen LogP contribution is -2.03. The molecule has 0 bridgehead atoms. The van der Waals surface area contributed by atoms with E-state index in [1.807, 2.05) is 39.8 Å². The molecule has 4 nitrogen and oxygen atoms in total. The summed E-state index contributed by atoms with van der Waals surface area (Å²) in [5, 5.41) is 20.2. The second-order valence-electron chi connectivity index (χ2n) is 14.6. The smallest absolute Gasteiger partial charge is 0.127 e. The zero-order valence-electron chi connectivity index (χ0n) is 33.7. The van der Waals surface area contributed by atoms with E-state index in [1.54, 1.807) is 0 Å². The molecule has 0 saturated carbocycles. The molecule has 0 spiro atoms. The molecule has 2 rings (SSSR count). The third-order valence-corrected chi connectivity index (χ3v) is 10.3. The molecule has 2 aromatic rings. The van der Waals surface area contributed by atoms with Crippen molar-refractivity contribution >= 4 is 17.2 Å². The summed E-state index contributed by atoms with van der Waals surface area (Å²) in [5.74, 6) is 1.65. The van der Waals surface area contributed by atoms with Crippen LogP contribution in [-0.2, 0) is 0 Å². The molecular weight excluding hydrogens is 625 g/mol. The predicted octanol–water partition coefficient (Wildman–Crippen LogP) is 14.5. The highest BCUT2D eigenvalue weighted by atomic mass is 16.5. The van der Waals surface area contributed by atoms with Crippen LogP contribution >= 0.6 is 0 Å². The number of ether oxygens (including phenoxy) is 2. The van der Waals surface area contributed by atoms with Crippen molar-refractivity contribution in [3.05, 3.63) is 63.2 Å². The van der Waals surface area contributed by atoms with Crippen LogP contribution in [0.1, 0.15) is 188 Å². The Morgan fingerprint density at radius 2 is 1.00 bits per heavy atom. The van der Waals surface area contributed by atoms with E-state index in [0.717, 1.165) is 63.3 Å². The summed E-state index contributed by atoms with van der Waals surface area (Å²) >= 11 is 0. The summed E-state index contributed by atoms with van der Waals surface area (Å²) < 4.78 is 12.8. The number of nitrogens with zero attached hydrogens (tertiary/aromatic N) is 2. The van der Waals surface area contributed by atoms with Crippen molar-refractivity contribution in [1.29, 1.82) is 10.5 Å². The Kier molecular flexibility index (Phi) is 22.5. The number of hydrogen-bond acceptors (Lipinski definition) is 4. The number of allylic oxidation sites excluding steroid dienone is 3. The Morgan fingerprint density at radius 1 is 0.549 bits per heavy atom. The second-order valence-corrected chi connectivity index (χ2v) is 14.6. The van der Waals surface area contributed by atoms with Gasteiger partial charge in [0.15, 0.2) is 0 Å². The lowest BCUT2D eigenvalue weighted by Gasteiger charge is -2.17. The Balaban J connectivity index is 2.18. The van der Waals surface area contributed by atoms with Crippen molar-refractivity contribution in [1.82, 2.24) is 0 Å². The van der Waals surface area contributed by atoms with Gasteiger partial charge in [-0.3, -0.25) is 0 Å². The van der Waals surface area contributed by atoms with E-state index in [9.17, 15) is 10.5 Å². The summed E-state index contributed by atoms with van der Waals surface area (Å²) in [6.07, 6.45) is 29.6. The van der Waals surface area contributed by atoms with Gasteiger partial charge in [-0.25, -0.2) is 0 Å². The number of unbranched alkanes of at least 4 members (excludes halogenated alkanes) is 18. The molecule has 0 aromatic heterocycles. The third-order valence-electron chi connectivity index (χ3n) is 10.3. The average molecular weight is 695 g/mol. The van der Waals surface area contributed by atoms with Gasteiger partial charge >= 0.3 is 0 Å². The molecule has 0 aliphatic carbocycles. The van der Waals surface area contributed by atoms with E-state index in [-0.39, 0.29) is 0 Å². The molecule has 0 amide bonds. The number of benzene rings is 2. The topological polar surface area (TPSA) is 66.0 Å². The minimum Gasteiger partial charge on any atom is -0.493 e. The van der Waals surface area contributed by atoms with Gasteiger partial charge in [-0.2, -0.15) is 10.5 Å². The molecule has 0 aliphatic heterocycles. The van der Waals surface area contributed by atoms with E-state index < -0.39 is 0 Å². The Labute approximate surface area is 313 Å². The SMILES string of the molecule is C/C=C(\C#N)c1c(C)cc(/C(C#N)=C/c2cc(OCCCCCCCCCCCC)c(C)cc2OCCCCCCCCCCCC)c(C)c1C. The molecule has 51 heavy (non-hydrogen) atoms. The van der Waals surface area contributed by atoms with Gasteiger partial charge in [0.05, 0.1) is 36.5 Å². The van der Waals surface area contributed by atoms with Crippen molar-refractivity contribution in [2.75, 3.05) is 13.2 Å². The summed E-state index contributed by atoms with van der Waals surface area (Å²) in [5.41, 5.74) is 8.04. The first-order valence-corrected chi connectivity index (χ1v) is 20.5. The number of nitriles is 2. The highest BCUT2D eigenvalue weighted by Gasteiger charge is 2.17. The molecule has 0 N–H and O–H groups in total. The summed E-state index contributed by atoms with van der Waals surface area (Å²) in [7, 11) is 0. The van der Waals surface area contributed by atoms with Crippen LogP contribution in [0, 0.1) is 50.4 Å². The van der Waals surface area contributed by atoms with Crippen LogP contribution in [0.25, 0.3) is 17.2 Å². The lowest BCUT2D eigenvalue weighted by molar-refractivity contribution is 0.294. The van der Waals surface area contributed by atoms with Gasteiger partial charge < -0.3 is 9.47 Å². The van der Waals surface area contributed by atoms with Crippen molar-refractivity contribution in [3.63, 3.8) is 0 Å².